The van der Waals surface area contributed by atoms with Crippen LogP contribution in [0.1, 0.15) is 17.3 Å². The predicted molar refractivity (Wildman–Crippen MR) is 83.1 cm³/mol. The molecule has 0 N–H and O–H groups in total. The zero-order chi connectivity index (χ0) is 15.4. The van der Waals surface area contributed by atoms with E-state index in [2.05, 4.69) is 0 Å². The maximum Gasteiger partial charge on any atom is 0.290 e. The molecule has 1 aromatic carbocycles. The monoisotopic (exact) mass is 336 g/mol. The van der Waals surface area contributed by atoms with Gasteiger partial charge in [-0.2, -0.15) is 11.8 Å². The van der Waals surface area contributed by atoms with Gasteiger partial charge in [-0.3, -0.25) is 14.9 Å². The first kappa shape index (κ1) is 17.1. The average Bonchev–Trinajstić information content (AvgIpc) is 2.39. The molecule has 0 bridgehead atoms. The van der Waals surface area contributed by atoms with Gasteiger partial charge < -0.3 is 4.90 Å². The van der Waals surface area contributed by atoms with Crippen LogP contribution in [0.5, 0.6) is 0 Å². The van der Waals surface area contributed by atoms with Gasteiger partial charge in [0.2, 0.25) is 0 Å². The van der Waals surface area contributed by atoms with E-state index in [1.165, 1.54) is 11.0 Å². The zero-order valence-electron chi connectivity index (χ0n) is 11.2. The summed E-state index contributed by atoms with van der Waals surface area (Å²) in [4.78, 5) is 24.1. The first-order chi connectivity index (χ1) is 9.29. The fraction of sp³-hybridized carbons (Fsp3) is 0.417. The number of hydrogen-bond donors (Lipinski definition) is 0. The Kier molecular flexibility index (Phi) is 6.10. The Morgan fingerprint density at radius 1 is 1.50 bits per heavy atom. The van der Waals surface area contributed by atoms with Gasteiger partial charge in [0, 0.05) is 30.5 Å². The lowest BCUT2D eigenvalue weighted by molar-refractivity contribution is -0.384. The molecule has 1 unspecified atom stereocenters. The van der Waals surface area contributed by atoms with Crippen LogP contribution >= 0.6 is 35.0 Å². The fourth-order valence-corrected chi connectivity index (χ4v) is 2.69. The van der Waals surface area contributed by atoms with Gasteiger partial charge in [0.25, 0.3) is 11.6 Å². The van der Waals surface area contributed by atoms with Crippen LogP contribution in [0.25, 0.3) is 0 Å². The van der Waals surface area contributed by atoms with Crippen LogP contribution in [-0.2, 0) is 0 Å². The first-order valence-electron chi connectivity index (χ1n) is 5.69. The van der Waals surface area contributed by atoms with Crippen molar-refractivity contribution >= 4 is 46.6 Å². The van der Waals surface area contributed by atoms with Gasteiger partial charge in [0.15, 0.2) is 0 Å². The molecule has 5 nitrogen and oxygen atoms in total. The van der Waals surface area contributed by atoms with Gasteiger partial charge in [-0.05, 0) is 19.2 Å². The molecule has 0 saturated carbocycles. The van der Waals surface area contributed by atoms with Crippen molar-refractivity contribution in [2.24, 2.45) is 0 Å². The van der Waals surface area contributed by atoms with Crippen molar-refractivity contribution in [1.29, 1.82) is 0 Å². The summed E-state index contributed by atoms with van der Waals surface area (Å²) < 4.78 is 0. The number of nitro groups is 1. The second-order valence-corrected chi connectivity index (χ2v) is 5.96. The molecule has 0 fully saturated rings. The molecule has 20 heavy (non-hydrogen) atoms. The van der Waals surface area contributed by atoms with Crippen LogP contribution in [0.15, 0.2) is 12.1 Å². The second kappa shape index (κ2) is 7.15. The molecule has 0 aliphatic rings. The molecule has 0 radical (unpaired) electrons. The molecule has 0 aliphatic heterocycles. The molecule has 1 rings (SSSR count). The number of carbonyl (C=O) groups is 1. The molecule has 0 heterocycles. The first-order valence-corrected chi connectivity index (χ1v) is 7.84. The third-order valence-electron chi connectivity index (χ3n) is 2.84. The summed E-state index contributed by atoms with van der Waals surface area (Å²) in [5, 5.41) is 10.7. The minimum Gasteiger partial charge on any atom is -0.338 e. The van der Waals surface area contributed by atoms with E-state index < -0.39 is 4.92 Å². The van der Waals surface area contributed by atoms with Gasteiger partial charge in [-0.25, -0.2) is 0 Å². The van der Waals surface area contributed by atoms with Crippen molar-refractivity contribution in [3.8, 4) is 0 Å². The Morgan fingerprint density at radius 3 is 2.60 bits per heavy atom. The fourth-order valence-electron chi connectivity index (χ4n) is 1.59. The lowest BCUT2D eigenvalue weighted by Crippen LogP contribution is -2.36. The summed E-state index contributed by atoms with van der Waals surface area (Å²) >= 11 is 13.2. The Bertz CT molecular complexity index is 540. The van der Waals surface area contributed by atoms with Crippen molar-refractivity contribution in [3.05, 3.63) is 37.9 Å². The highest BCUT2D eigenvalue weighted by molar-refractivity contribution is 7.98. The standard InChI is InChI=1S/C12H14Cl2N2O3S/c1-7(6-20-3)15(2)12(17)8-4-9(13)11(14)10(5-8)16(18)19/h4-5,7H,6H2,1-3H3. The number of carbonyl (C=O) groups excluding carboxylic acids is 1. The highest BCUT2D eigenvalue weighted by Gasteiger charge is 2.23. The van der Waals surface area contributed by atoms with Gasteiger partial charge in [0.05, 0.1) is 9.95 Å². The topological polar surface area (TPSA) is 63.5 Å². The number of amides is 1. The molecule has 0 aromatic heterocycles. The van der Waals surface area contributed by atoms with Crippen molar-refractivity contribution in [2.75, 3.05) is 19.1 Å². The van der Waals surface area contributed by atoms with Crippen molar-refractivity contribution in [1.82, 2.24) is 4.90 Å². The Morgan fingerprint density at radius 2 is 2.10 bits per heavy atom. The number of nitro benzene ring substituents is 1. The van der Waals surface area contributed by atoms with E-state index in [0.717, 1.165) is 11.8 Å². The normalized spacial score (nSPS) is 12.1. The number of thioether (sulfide) groups is 1. The zero-order valence-corrected chi connectivity index (χ0v) is 13.6. The molecule has 0 aliphatic carbocycles. The Hall–Kier alpha value is -0.980. The van der Waals surface area contributed by atoms with E-state index in [-0.39, 0.29) is 33.2 Å². The third-order valence-corrected chi connectivity index (χ3v) is 4.45. The molecular formula is C12H14Cl2N2O3S. The number of rotatable bonds is 5. The third kappa shape index (κ3) is 3.77. The Labute approximate surface area is 131 Å². The molecule has 0 saturated heterocycles. The highest BCUT2D eigenvalue weighted by Crippen LogP contribution is 2.33. The minimum atomic E-state index is -0.656. The summed E-state index contributed by atoms with van der Waals surface area (Å²) in [7, 11) is 1.65. The highest BCUT2D eigenvalue weighted by atomic mass is 35.5. The van der Waals surface area contributed by atoms with E-state index in [4.69, 9.17) is 23.2 Å². The van der Waals surface area contributed by atoms with Crippen LogP contribution in [0.4, 0.5) is 5.69 Å². The van der Waals surface area contributed by atoms with E-state index in [1.54, 1.807) is 18.8 Å². The molecule has 8 heteroatoms. The van der Waals surface area contributed by atoms with Crippen LogP contribution in [0.3, 0.4) is 0 Å². The summed E-state index contributed by atoms with van der Waals surface area (Å²) in [6, 6.07) is 2.51. The maximum absolute atomic E-state index is 12.3. The lowest BCUT2D eigenvalue weighted by atomic mass is 10.1. The van der Waals surface area contributed by atoms with Crippen LogP contribution in [-0.4, -0.2) is 40.8 Å². The average molecular weight is 337 g/mol. The predicted octanol–water partition coefficient (Wildman–Crippen LogP) is 3.73. The second-order valence-electron chi connectivity index (χ2n) is 4.27. The van der Waals surface area contributed by atoms with E-state index in [0.29, 0.717) is 0 Å². The maximum atomic E-state index is 12.3. The molecule has 1 aromatic rings. The smallest absolute Gasteiger partial charge is 0.290 e. The van der Waals surface area contributed by atoms with Gasteiger partial charge in [-0.1, -0.05) is 23.2 Å². The molecule has 1 atom stereocenters. The number of halogens is 2. The molecule has 0 spiro atoms. The summed E-state index contributed by atoms with van der Waals surface area (Å²) in [5.41, 5.74) is -0.213. The van der Waals surface area contributed by atoms with E-state index in [1.807, 2.05) is 13.2 Å². The van der Waals surface area contributed by atoms with E-state index in [9.17, 15) is 14.9 Å². The van der Waals surface area contributed by atoms with Crippen LogP contribution < -0.4 is 0 Å². The largest absolute Gasteiger partial charge is 0.338 e. The van der Waals surface area contributed by atoms with Crippen molar-refractivity contribution in [3.63, 3.8) is 0 Å². The van der Waals surface area contributed by atoms with Crippen LogP contribution in [0, 0.1) is 10.1 Å². The molecule has 110 valence electrons. The summed E-state index contributed by atoms with van der Waals surface area (Å²) in [6.07, 6.45) is 1.94. The minimum absolute atomic E-state index is 0.00450. The summed E-state index contributed by atoms with van der Waals surface area (Å²) in [6.45, 7) is 1.90. The molecule has 1 amide bonds. The lowest BCUT2D eigenvalue weighted by Gasteiger charge is -2.24. The van der Waals surface area contributed by atoms with Gasteiger partial charge in [-0.15, -0.1) is 0 Å². The van der Waals surface area contributed by atoms with Crippen molar-refractivity contribution in [2.45, 2.75) is 13.0 Å². The summed E-state index contributed by atoms with van der Waals surface area (Å²) in [5.74, 6) is 0.444. The number of hydrogen-bond acceptors (Lipinski definition) is 4. The quantitative estimate of drug-likeness (QED) is 0.607. The van der Waals surface area contributed by atoms with Crippen molar-refractivity contribution < 1.29 is 9.72 Å². The van der Waals surface area contributed by atoms with Gasteiger partial charge in [0.1, 0.15) is 5.02 Å². The van der Waals surface area contributed by atoms with Gasteiger partial charge >= 0.3 is 0 Å². The number of benzene rings is 1. The SMILES string of the molecule is CSCC(C)N(C)C(=O)c1cc(Cl)c(Cl)c([N+](=O)[O-])c1. The number of nitrogens with zero attached hydrogens (tertiary/aromatic N) is 2. The van der Waals surface area contributed by atoms with Crippen LogP contribution in [0.2, 0.25) is 10.0 Å². The van der Waals surface area contributed by atoms with E-state index >= 15 is 0 Å². The molecular weight excluding hydrogens is 323 g/mol. The Balaban J connectivity index is 3.14.